The molecule has 0 atom stereocenters. The Bertz CT molecular complexity index is 1610. The van der Waals surface area contributed by atoms with Gasteiger partial charge >= 0.3 is 0 Å². The zero-order chi connectivity index (χ0) is 30.9. The minimum absolute atomic E-state index is 0.162. The van der Waals surface area contributed by atoms with Crippen molar-refractivity contribution in [2.24, 2.45) is 0 Å². The molecule has 1 saturated heterocycles. The van der Waals surface area contributed by atoms with E-state index in [1.165, 1.54) is 56.6 Å². The molecule has 1 N–H and O–H groups in total. The van der Waals surface area contributed by atoms with E-state index < -0.39 is 10.1 Å². The van der Waals surface area contributed by atoms with Crippen LogP contribution in [0.4, 0.5) is 4.39 Å². The maximum Gasteiger partial charge on any atom is 0.289 e. The summed E-state index contributed by atoms with van der Waals surface area (Å²) in [4.78, 5) is 21.0. The van der Waals surface area contributed by atoms with Crippen LogP contribution in [0.5, 0.6) is 11.5 Å². The van der Waals surface area contributed by atoms with Crippen LogP contribution in [0.1, 0.15) is 35.4 Å². The fraction of sp³-hybridized carbons (Fsp3) is 0.281. The van der Waals surface area contributed by atoms with Crippen LogP contribution in [0, 0.1) is 12.7 Å². The third-order valence-electron chi connectivity index (χ3n) is 7.20. The molecule has 11 heteroatoms. The first-order chi connectivity index (χ1) is 20.5. The predicted octanol–water partition coefficient (Wildman–Crippen LogP) is 5.33. The van der Waals surface area contributed by atoms with Crippen LogP contribution < -0.4 is 10.1 Å². The summed E-state index contributed by atoms with van der Waals surface area (Å²) in [5.41, 5.74) is 2.44. The van der Waals surface area contributed by atoms with Crippen molar-refractivity contribution in [3.8, 4) is 22.8 Å². The highest BCUT2D eigenvalue weighted by Gasteiger charge is 2.24. The van der Waals surface area contributed by atoms with Crippen molar-refractivity contribution in [3.05, 3.63) is 102 Å². The topological polar surface area (TPSA) is 121 Å². The average molecular weight is 607 g/mol. The minimum Gasteiger partial charge on any atom is -0.744 e. The van der Waals surface area contributed by atoms with Gasteiger partial charge in [0, 0.05) is 11.8 Å². The van der Waals surface area contributed by atoms with Crippen molar-refractivity contribution in [1.29, 1.82) is 0 Å². The van der Waals surface area contributed by atoms with Crippen LogP contribution in [-0.4, -0.2) is 66.6 Å². The summed E-state index contributed by atoms with van der Waals surface area (Å²) < 4.78 is 50.9. The largest absolute Gasteiger partial charge is 0.744 e. The van der Waals surface area contributed by atoms with E-state index in [0.29, 0.717) is 23.7 Å². The second-order valence-corrected chi connectivity index (χ2v) is 12.1. The Morgan fingerprint density at radius 3 is 2.14 bits per heavy atom. The summed E-state index contributed by atoms with van der Waals surface area (Å²) in [7, 11) is -2.01. The molecule has 0 aliphatic carbocycles. The normalized spacial score (nSPS) is 14.2. The minimum atomic E-state index is -4.27. The Morgan fingerprint density at radius 2 is 1.53 bits per heavy atom. The molecule has 4 aromatic rings. The number of halogens is 1. The Balaban J connectivity index is 0.000000324. The molecule has 2 heterocycles. The van der Waals surface area contributed by atoms with Crippen LogP contribution in [0.25, 0.3) is 11.3 Å². The SMILES string of the molecule is C[N+]1(CCNC(=O)c2nccc(-c3ccc(Oc4ccc(F)cc4)cc3)n2)CCCCC1.Cc1ccc(S(=O)(=O)[O-])cc1. The lowest BCUT2D eigenvalue weighted by Crippen LogP contribution is -2.51. The molecule has 1 fully saturated rings. The second-order valence-electron chi connectivity index (χ2n) is 10.7. The van der Waals surface area contributed by atoms with E-state index in [0.717, 1.165) is 22.2 Å². The smallest absolute Gasteiger partial charge is 0.289 e. The molecule has 0 bridgehead atoms. The number of hydrogen-bond acceptors (Lipinski definition) is 7. The van der Waals surface area contributed by atoms with Crippen LogP contribution in [0.15, 0.2) is 90.0 Å². The van der Waals surface area contributed by atoms with Crippen molar-refractivity contribution in [2.75, 3.05) is 33.2 Å². The van der Waals surface area contributed by atoms with E-state index in [4.69, 9.17) is 4.74 Å². The summed E-state index contributed by atoms with van der Waals surface area (Å²) in [6.07, 6.45) is 5.41. The summed E-state index contributed by atoms with van der Waals surface area (Å²) >= 11 is 0. The highest BCUT2D eigenvalue weighted by atomic mass is 32.2. The molecular weight excluding hydrogens is 571 g/mol. The summed E-state index contributed by atoms with van der Waals surface area (Å²) in [6, 6.07) is 20.8. The van der Waals surface area contributed by atoms with Crippen molar-refractivity contribution >= 4 is 16.0 Å². The first-order valence-electron chi connectivity index (χ1n) is 14.0. The molecule has 1 aliphatic heterocycles. The lowest BCUT2D eigenvalue weighted by Gasteiger charge is -2.37. The molecule has 0 unspecified atom stereocenters. The highest BCUT2D eigenvalue weighted by Crippen LogP contribution is 2.25. The third-order valence-corrected chi connectivity index (χ3v) is 8.05. The zero-order valence-electron chi connectivity index (χ0n) is 24.2. The van der Waals surface area contributed by atoms with Crippen molar-refractivity contribution in [2.45, 2.75) is 31.1 Å². The zero-order valence-corrected chi connectivity index (χ0v) is 25.0. The van der Waals surface area contributed by atoms with Gasteiger partial charge in [-0.1, -0.05) is 17.7 Å². The molecule has 5 rings (SSSR count). The van der Waals surface area contributed by atoms with Gasteiger partial charge in [-0.15, -0.1) is 0 Å². The monoisotopic (exact) mass is 606 g/mol. The van der Waals surface area contributed by atoms with E-state index in [1.54, 1.807) is 36.5 Å². The molecule has 1 amide bonds. The van der Waals surface area contributed by atoms with Gasteiger partial charge in [0.05, 0.1) is 43.8 Å². The number of hydrogen-bond donors (Lipinski definition) is 1. The Hall–Kier alpha value is -4.19. The number of nitrogens with zero attached hydrogens (tertiary/aromatic N) is 3. The first kappa shape index (κ1) is 31.7. The van der Waals surface area contributed by atoms with Gasteiger partial charge in [0.25, 0.3) is 5.91 Å². The Kier molecular flexibility index (Phi) is 10.6. The Morgan fingerprint density at radius 1 is 0.930 bits per heavy atom. The number of quaternary nitrogens is 1. The van der Waals surface area contributed by atoms with Gasteiger partial charge in [0.1, 0.15) is 27.4 Å². The lowest BCUT2D eigenvalue weighted by molar-refractivity contribution is -0.912. The third kappa shape index (κ3) is 9.67. The van der Waals surface area contributed by atoms with E-state index in [1.807, 2.05) is 31.2 Å². The number of aryl methyl sites for hydroxylation is 1. The first-order valence-corrected chi connectivity index (χ1v) is 15.4. The molecule has 1 aliphatic rings. The number of ether oxygens (including phenoxy) is 1. The number of benzene rings is 3. The summed E-state index contributed by atoms with van der Waals surface area (Å²) in [6.45, 7) is 5.69. The maximum absolute atomic E-state index is 13.0. The quantitative estimate of drug-likeness (QED) is 0.212. The molecule has 1 aromatic heterocycles. The number of nitrogens with one attached hydrogen (secondary N) is 1. The van der Waals surface area contributed by atoms with Crippen LogP contribution in [0.2, 0.25) is 0 Å². The molecule has 226 valence electrons. The number of rotatable bonds is 8. The van der Waals surface area contributed by atoms with Crippen molar-refractivity contribution < 1.29 is 31.4 Å². The number of piperidine rings is 1. The van der Waals surface area contributed by atoms with Crippen LogP contribution in [0.3, 0.4) is 0 Å². The van der Waals surface area contributed by atoms with Crippen LogP contribution >= 0.6 is 0 Å². The molecule has 0 radical (unpaired) electrons. The van der Waals surface area contributed by atoms with Gasteiger partial charge < -0.3 is 19.1 Å². The van der Waals surface area contributed by atoms with E-state index in [9.17, 15) is 22.2 Å². The molecular formula is C32H35FN4O5S. The van der Waals surface area contributed by atoms with Crippen LogP contribution in [-0.2, 0) is 10.1 Å². The number of carbonyl (C=O) groups is 1. The van der Waals surface area contributed by atoms with Crippen molar-refractivity contribution in [3.63, 3.8) is 0 Å². The van der Waals surface area contributed by atoms with Crippen molar-refractivity contribution in [1.82, 2.24) is 15.3 Å². The molecule has 0 saturated carbocycles. The number of amides is 1. The summed E-state index contributed by atoms with van der Waals surface area (Å²) in [5, 5.41) is 2.96. The highest BCUT2D eigenvalue weighted by molar-refractivity contribution is 7.85. The van der Waals surface area contributed by atoms with E-state index >= 15 is 0 Å². The Labute approximate surface area is 251 Å². The second kappa shape index (κ2) is 14.3. The van der Waals surface area contributed by atoms with E-state index in [2.05, 4.69) is 22.3 Å². The predicted molar refractivity (Wildman–Crippen MR) is 160 cm³/mol. The molecule has 0 spiro atoms. The average Bonchev–Trinajstić information content (AvgIpc) is 2.99. The van der Waals surface area contributed by atoms with Gasteiger partial charge in [-0.3, -0.25) is 4.79 Å². The fourth-order valence-corrected chi connectivity index (χ4v) is 5.15. The fourth-order valence-electron chi connectivity index (χ4n) is 4.68. The standard InChI is InChI=1S/C25H27FN4O2.C7H8O3S/c1-30(16-3-2-4-17-30)18-15-28-25(31)24-27-14-13-23(29-24)19-5-9-21(10-6-19)32-22-11-7-20(26)8-12-22;1-6-2-4-7(5-3-6)11(8,9)10/h5-14H,2-4,15-18H2,1H3;2-5H,1H3,(H,8,9,10). The van der Waals surface area contributed by atoms with E-state index in [-0.39, 0.29) is 22.4 Å². The number of aromatic nitrogens is 2. The van der Waals surface area contributed by atoms with Gasteiger partial charge in [-0.25, -0.2) is 22.8 Å². The van der Waals surface area contributed by atoms with Gasteiger partial charge in [0.2, 0.25) is 5.82 Å². The lowest BCUT2D eigenvalue weighted by atomic mass is 10.1. The van der Waals surface area contributed by atoms with Gasteiger partial charge in [-0.05, 0) is 92.9 Å². The maximum atomic E-state index is 13.0. The number of carbonyl (C=O) groups excluding carboxylic acids is 1. The number of likely N-dealkylation sites (tertiary alicyclic amines) is 1. The van der Waals surface area contributed by atoms with Gasteiger partial charge in [-0.2, -0.15) is 0 Å². The van der Waals surface area contributed by atoms with Gasteiger partial charge in [0.15, 0.2) is 0 Å². The molecule has 9 nitrogen and oxygen atoms in total. The summed E-state index contributed by atoms with van der Waals surface area (Å²) in [5.74, 6) is 0.781. The molecule has 43 heavy (non-hydrogen) atoms. The number of likely N-dealkylation sites (N-methyl/N-ethyl adjacent to an activating group) is 1. The molecule has 3 aromatic carbocycles.